The third kappa shape index (κ3) is 4.39. The maximum atomic E-state index is 12.8. The van der Waals surface area contributed by atoms with E-state index in [9.17, 15) is 19.4 Å². The Balaban J connectivity index is 1.50. The van der Waals surface area contributed by atoms with Crippen LogP contribution in [0.1, 0.15) is 24.3 Å². The first-order chi connectivity index (χ1) is 12.0. The van der Waals surface area contributed by atoms with Crippen LogP contribution in [0.5, 0.6) is 11.5 Å². The van der Waals surface area contributed by atoms with Gasteiger partial charge in [-0.15, -0.1) is 5.06 Å². The molecule has 1 amide bonds. The van der Waals surface area contributed by atoms with E-state index in [4.69, 9.17) is 4.84 Å². The van der Waals surface area contributed by atoms with Crippen LogP contribution in [0.25, 0.3) is 0 Å². The summed E-state index contributed by atoms with van der Waals surface area (Å²) in [5, 5.41) is 23.4. The number of carbonyl (C=O) groups excluding carboxylic acids is 1. The number of halogens is 1. The lowest BCUT2D eigenvalue weighted by Gasteiger charge is -2.30. The van der Waals surface area contributed by atoms with E-state index in [1.54, 1.807) is 17.2 Å². The molecule has 2 aromatic carbocycles. The second-order valence-electron chi connectivity index (χ2n) is 5.96. The van der Waals surface area contributed by atoms with Crippen LogP contribution in [0.2, 0.25) is 0 Å². The van der Waals surface area contributed by atoms with Gasteiger partial charge in [0.15, 0.2) is 0 Å². The van der Waals surface area contributed by atoms with Crippen LogP contribution in [-0.2, 0) is 4.84 Å². The lowest BCUT2D eigenvalue weighted by atomic mass is 9.89. The Morgan fingerprint density at radius 1 is 1.12 bits per heavy atom. The molecule has 7 heteroatoms. The summed E-state index contributed by atoms with van der Waals surface area (Å²) in [6.45, 7) is 1.06. The van der Waals surface area contributed by atoms with Crippen LogP contribution >= 0.6 is 0 Å². The largest absolute Gasteiger partial charge is 0.508 e. The number of hydrogen-bond donors (Lipinski definition) is 3. The quantitative estimate of drug-likeness (QED) is 0.791. The number of phenolic OH excluding ortho intramolecular Hbond substituents is 2. The van der Waals surface area contributed by atoms with Crippen molar-refractivity contribution in [3.8, 4) is 11.5 Å². The van der Waals surface area contributed by atoms with Crippen LogP contribution in [0.15, 0.2) is 42.5 Å². The van der Waals surface area contributed by atoms with Gasteiger partial charge in [-0.05, 0) is 54.7 Å². The van der Waals surface area contributed by atoms with Crippen LogP contribution in [0.3, 0.4) is 0 Å². The summed E-state index contributed by atoms with van der Waals surface area (Å²) < 4.78 is 12.8. The molecule has 0 radical (unpaired) electrons. The molecule has 1 aliphatic rings. The number of nitrogens with one attached hydrogen (secondary N) is 1. The highest BCUT2D eigenvalue weighted by Gasteiger charge is 2.25. The predicted molar refractivity (Wildman–Crippen MR) is 89.8 cm³/mol. The molecule has 0 spiro atoms. The van der Waals surface area contributed by atoms with E-state index in [0.29, 0.717) is 31.6 Å². The third-order valence-electron chi connectivity index (χ3n) is 4.21. The maximum Gasteiger partial charge on any atom is 0.430 e. The van der Waals surface area contributed by atoms with E-state index >= 15 is 0 Å². The van der Waals surface area contributed by atoms with E-state index in [1.165, 1.54) is 30.3 Å². The lowest BCUT2D eigenvalue weighted by molar-refractivity contribution is -0.108. The average Bonchev–Trinajstić information content (AvgIpc) is 2.58. The molecule has 3 N–H and O–H groups in total. The minimum atomic E-state index is -0.627. The molecule has 0 bridgehead atoms. The SMILES string of the molecule is O=C(Nc1ccc(F)cc1)ON1CCC(c2ccc(O)cc2O)CC1. The molecular weight excluding hydrogens is 327 g/mol. The highest BCUT2D eigenvalue weighted by molar-refractivity contribution is 5.84. The monoisotopic (exact) mass is 346 g/mol. The number of hydroxylamine groups is 2. The molecule has 25 heavy (non-hydrogen) atoms. The van der Waals surface area contributed by atoms with Crippen molar-refractivity contribution < 1.29 is 24.2 Å². The molecule has 3 rings (SSSR count). The molecule has 1 aliphatic heterocycles. The number of hydrogen-bond acceptors (Lipinski definition) is 5. The lowest BCUT2D eigenvalue weighted by Crippen LogP contribution is -2.36. The van der Waals surface area contributed by atoms with E-state index in [2.05, 4.69) is 5.32 Å². The first kappa shape index (κ1) is 17.0. The third-order valence-corrected chi connectivity index (χ3v) is 4.21. The van der Waals surface area contributed by atoms with Crippen LogP contribution in [0, 0.1) is 5.82 Å². The fourth-order valence-corrected chi connectivity index (χ4v) is 2.93. The molecule has 2 aromatic rings. The van der Waals surface area contributed by atoms with Gasteiger partial charge in [-0.25, -0.2) is 9.18 Å². The summed E-state index contributed by atoms with van der Waals surface area (Å²) in [5.41, 5.74) is 1.24. The number of benzene rings is 2. The Hall–Kier alpha value is -2.80. The average molecular weight is 346 g/mol. The molecule has 0 unspecified atom stereocenters. The highest BCUT2D eigenvalue weighted by atomic mass is 19.1. The molecule has 0 aromatic heterocycles. The van der Waals surface area contributed by atoms with Gasteiger partial charge in [-0.3, -0.25) is 5.32 Å². The number of rotatable bonds is 3. The Bertz CT molecular complexity index is 743. The number of aromatic hydroxyl groups is 2. The predicted octanol–water partition coefficient (Wildman–Crippen LogP) is 3.58. The number of phenols is 2. The Labute approximate surface area is 144 Å². The summed E-state index contributed by atoms with van der Waals surface area (Å²) in [5.74, 6) is -0.132. The summed E-state index contributed by atoms with van der Waals surface area (Å²) >= 11 is 0. The number of anilines is 1. The Kier molecular flexibility index (Phi) is 5.04. The fourth-order valence-electron chi connectivity index (χ4n) is 2.93. The minimum Gasteiger partial charge on any atom is -0.508 e. The molecule has 1 saturated heterocycles. The number of nitrogens with zero attached hydrogens (tertiary/aromatic N) is 1. The van der Waals surface area contributed by atoms with Crippen molar-refractivity contribution in [1.29, 1.82) is 0 Å². The maximum absolute atomic E-state index is 12.8. The molecule has 132 valence electrons. The number of amides is 1. The summed E-state index contributed by atoms with van der Waals surface area (Å²) in [7, 11) is 0. The molecular formula is C18H19FN2O4. The van der Waals surface area contributed by atoms with E-state index in [0.717, 1.165) is 5.56 Å². The zero-order chi connectivity index (χ0) is 17.8. The van der Waals surface area contributed by atoms with Gasteiger partial charge in [0.25, 0.3) is 0 Å². The second kappa shape index (κ2) is 7.40. The molecule has 0 saturated carbocycles. The van der Waals surface area contributed by atoms with Crippen LogP contribution < -0.4 is 5.32 Å². The van der Waals surface area contributed by atoms with Gasteiger partial charge in [0, 0.05) is 24.8 Å². The van der Waals surface area contributed by atoms with Crippen molar-refractivity contribution in [1.82, 2.24) is 5.06 Å². The zero-order valence-electron chi connectivity index (χ0n) is 13.5. The van der Waals surface area contributed by atoms with Crippen molar-refractivity contribution in [2.24, 2.45) is 0 Å². The van der Waals surface area contributed by atoms with E-state index in [1.807, 2.05) is 0 Å². The molecule has 6 nitrogen and oxygen atoms in total. The molecule has 0 atom stereocenters. The van der Waals surface area contributed by atoms with Crippen LogP contribution in [0.4, 0.5) is 14.9 Å². The Morgan fingerprint density at radius 3 is 2.44 bits per heavy atom. The van der Waals surface area contributed by atoms with Gasteiger partial charge in [0.1, 0.15) is 17.3 Å². The normalized spacial score (nSPS) is 15.7. The van der Waals surface area contributed by atoms with Crippen LogP contribution in [-0.4, -0.2) is 34.5 Å². The van der Waals surface area contributed by atoms with E-state index < -0.39 is 6.09 Å². The zero-order valence-corrected chi connectivity index (χ0v) is 13.5. The van der Waals surface area contributed by atoms with Gasteiger partial charge >= 0.3 is 6.09 Å². The second-order valence-corrected chi connectivity index (χ2v) is 5.96. The van der Waals surface area contributed by atoms with E-state index in [-0.39, 0.29) is 23.2 Å². The minimum absolute atomic E-state index is 0.0273. The summed E-state index contributed by atoms with van der Waals surface area (Å²) in [6, 6.07) is 10.0. The first-order valence-corrected chi connectivity index (χ1v) is 8.02. The topological polar surface area (TPSA) is 82.0 Å². The summed E-state index contributed by atoms with van der Waals surface area (Å²) in [4.78, 5) is 17.1. The van der Waals surface area contributed by atoms with Gasteiger partial charge in [0.2, 0.25) is 0 Å². The van der Waals surface area contributed by atoms with Crippen molar-refractivity contribution in [2.75, 3.05) is 18.4 Å². The van der Waals surface area contributed by atoms with Crippen molar-refractivity contribution in [2.45, 2.75) is 18.8 Å². The van der Waals surface area contributed by atoms with Gasteiger partial charge in [-0.1, -0.05) is 6.07 Å². The molecule has 1 heterocycles. The van der Waals surface area contributed by atoms with Crippen molar-refractivity contribution >= 4 is 11.8 Å². The molecule has 1 fully saturated rings. The number of carbonyl (C=O) groups is 1. The fraction of sp³-hybridized carbons (Fsp3) is 0.278. The van der Waals surface area contributed by atoms with Crippen molar-refractivity contribution in [3.63, 3.8) is 0 Å². The summed E-state index contributed by atoms with van der Waals surface area (Å²) in [6.07, 6.45) is 0.794. The van der Waals surface area contributed by atoms with Gasteiger partial charge < -0.3 is 15.1 Å². The van der Waals surface area contributed by atoms with Gasteiger partial charge in [-0.2, -0.15) is 0 Å². The molecule has 0 aliphatic carbocycles. The van der Waals surface area contributed by atoms with Gasteiger partial charge in [0.05, 0.1) is 0 Å². The Morgan fingerprint density at radius 2 is 1.80 bits per heavy atom. The standard InChI is InChI=1S/C18H19FN2O4/c19-13-1-3-14(4-2-13)20-18(24)25-21-9-7-12(8-10-21)16-6-5-15(22)11-17(16)23/h1-6,11-12,22-23H,7-10H2,(H,20,24). The number of piperidine rings is 1. The first-order valence-electron chi connectivity index (χ1n) is 8.02. The smallest absolute Gasteiger partial charge is 0.430 e. The highest BCUT2D eigenvalue weighted by Crippen LogP contribution is 2.35. The van der Waals surface area contributed by atoms with Crippen molar-refractivity contribution in [3.05, 3.63) is 53.8 Å².